The van der Waals surface area contributed by atoms with Gasteiger partial charge in [0.1, 0.15) is 12.8 Å². The van der Waals surface area contributed by atoms with E-state index in [1.54, 1.807) is 10.9 Å². The summed E-state index contributed by atoms with van der Waals surface area (Å²) in [5, 5.41) is 0. The first-order valence-electron chi connectivity index (χ1n) is 6.13. The van der Waals surface area contributed by atoms with Gasteiger partial charge < -0.3 is 14.5 Å². The number of hydrogen-bond donors (Lipinski definition) is 1. The minimum absolute atomic E-state index is 0.149. The van der Waals surface area contributed by atoms with E-state index < -0.39 is 5.71 Å². The normalized spacial score (nSPS) is 22.2. The summed E-state index contributed by atoms with van der Waals surface area (Å²) in [6.07, 6.45) is 4.00. The molecule has 1 N–H and O–H groups in total. The number of aromatic amines is 1. The average molecular weight is 296 g/mol. The second kappa shape index (κ2) is 5.30. The van der Waals surface area contributed by atoms with E-state index in [0.717, 1.165) is 12.8 Å². The molecule has 0 radical (unpaired) electrons. The number of carbonyl (C=O) groups excluding carboxylic acids is 1. The van der Waals surface area contributed by atoms with Crippen LogP contribution in [0, 0.1) is 0 Å². The molecule has 0 amide bonds. The number of ether oxygens (including phenoxy) is 2. The maximum Gasteiger partial charge on any atom is 0.319 e. The monoisotopic (exact) mass is 296 g/mol. The lowest BCUT2D eigenvalue weighted by Gasteiger charge is -2.14. The van der Waals surface area contributed by atoms with E-state index in [9.17, 15) is 9.59 Å². The summed E-state index contributed by atoms with van der Waals surface area (Å²) in [7, 11) is 1.96. The fourth-order valence-electron chi connectivity index (χ4n) is 2.26. The molecule has 1 fully saturated rings. The van der Waals surface area contributed by atoms with Crippen LogP contribution in [-0.4, -0.2) is 37.9 Å². The number of rotatable bonds is 3. The van der Waals surface area contributed by atoms with Gasteiger partial charge in [-0.05, 0) is 22.1 Å². The van der Waals surface area contributed by atoms with Gasteiger partial charge in [-0.3, -0.25) is 9.36 Å². The largest absolute Gasteiger partial charge is 0.460 e. The van der Waals surface area contributed by atoms with Crippen LogP contribution in [0.1, 0.15) is 19.1 Å². The summed E-state index contributed by atoms with van der Waals surface area (Å²) in [6.45, 7) is 0.222. The number of imidazole rings is 1. The van der Waals surface area contributed by atoms with Crippen LogP contribution >= 0.6 is 9.24 Å². The summed E-state index contributed by atoms with van der Waals surface area (Å²) in [5.41, 5.74) is 0.0944. The molecular formula is C11H13N4O4P. The Morgan fingerprint density at radius 1 is 1.55 bits per heavy atom. The first-order chi connectivity index (χ1) is 9.65. The Hall–Kier alpha value is -1.79. The number of H-pyrrole nitrogens is 1. The molecule has 1 saturated heterocycles. The van der Waals surface area contributed by atoms with Gasteiger partial charge in [-0.2, -0.15) is 0 Å². The molecule has 106 valence electrons. The zero-order valence-corrected chi connectivity index (χ0v) is 11.6. The van der Waals surface area contributed by atoms with Crippen molar-refractivity contribution in [1.29, 1.82) is 0 Å². The van der Waals surface area contributed by atoms with E-state index in [4.69, 9.17) is 9.47 Å². The third kappa shape index (κ3) is 2.44. The number of fused-ring (bicyclic) bond motifs is 1. The molecule has 0 aliphatic carbocycles. The van der Waals surface area contributed by atoms with E-state index in [1.807, 2.05) is 9.24 Å². The summed E-state index contributed by atoms with van der Waals surface area (Å²) < 4.78 is 12.4. The summed E-state index contributed by atoms with van der Waals surface area (Å²) in [6, 6.07) is 0. The summed E-state index contributed by atoms with van der Waals surface area (Å²) in [4.78, 5) is 33.0. The molecule has 0 saturated carbocycles. The average Bonchev–Trinajstić information content (AvgIpc) is 3.02. The Kier molecular flexibility index (Phi) is 3.50. The fraction of sp³-hybridized carbons (Fsp3) is 0.455. The molecule has 2 aromatic rings. The van der Waals surface area contributed by atoms with Crippen molar-refractivity contribution < 1.29 is 14.3 Å². The minimum atomic E-state index is -0.404. The quantitative estimate of drug-likeness (QED) is 0.841. The van der Waals surface area contributed by atoms with E-state index >= 15 is 0 Å². The molecular weight excluding hydrogens is 283 g/mol. The lowest BCUT2D eigenvalue weighted by molar-refractivity contribution is -0.0216. The van der Waals surface area contributed by atoms with Gasteiger partial charge in [0.15, 0.2) is 11.2 Å². The van der Waals surface area contributed by atoms with Crippen molar-refractivity contribution in [3.8, 4) is 0 Å². The molecule has 8 nitrogen and oxygen atoms in total. The Labute approximate surface area is 115 Å². The van der Waals surface area contributed by atoms with E-state index in [1.165, 1.54) is 6.33 Å². The molecule has 0 aromatic carbocycles. The van der Waals surface area contributed by atoms with Gasteiger partial charge in [-0.15, -0.1) is 0 Å². The molecule has 3 atom stereocenters. The van der Waals surface area contributed by atoms with Crippen molar-refractivity contribution >= 4 is 26.1 Å². The number of carbonyl (C=O) groups is 1. The van der Waals surface area contributed by atoms with Crippen molar-refractivity contribution in [2.24, 2.45) is 0 Å². The topological polar surface area (TPSA) is 99.1 Å². The van der Waals surface area contributed by atoms with Crippen LogP contribution in [0.4, 0.5) is 4.79 Å². The molecule has 9 heteroatoms. The SMILES string of the molecule is O=C(P)OCC1CCC(n2cnc3c(=O)[nH]cnc32)O1. The van der Waals surface area contributed by atoms with Crippen molar-refractivity contribution in [2.75, 3.05) is 6.61 Å². The number of nitrogens with zero attached hydrogens (tertiary/aromatic N) is 3. The predicted molar refractivity (Wildman–Crippen MR) is 72.4 cm³/mol. The maximum absolute atomic E-state index is 11.6. The molecule has 3 heterocycles. The lowest BCUT2D eigenvalue weighted by atomic mass is 10.2. The standard InChI is InChI=1S/C11H13N4O4P/c16-10-8-9(12-4-13-10)15(5-14-8)7-2-1-6(19-7)3-18-11(17)20/h4-7H,1-3,20H2,(H,12,13,16). The van der Waals surface area contributed by atoms with Crippen LogP contribution in [0.2, 0.25) is 0 Å². The highest BCUT2D eigenvalue weighted by molar-refractivity contribution is 7.39. The van der Waals surface area contributed by atoms with Crippen LogP contribution in [-0.2, 0) is 9.47 Å². The highest BCUT2D eigenvalue weighted by Gasteiger charge is 2.28. The van der Waals surface area contributed by atoms with Crippen LogP contribution in [0.15, 0.2) is 17.4 Å². The summed E-state index contributed by atoms with van der Waals surface area (Å²) >= 11 is 0. The Balaban J connectivity index is 1.78. The van der Waals surface area contributed by atoms with E-state index in [-0.39, 0.29) is 30.0 Å². The van der Waals surface area contributed by atoms with E-state index in [0.29, 0.717) is 5.65 Å². The fourth-order valence-corrected chi connectivity index (χ4v) is 2.36. The molecule has 2 aromatic heterocycles. The third-order valence-corrected chi connectivity index (χ3v) is 3.34. The Bertz CT molecular complexity index is 697. The molecule has 1 aliphatic rings. The molecule has 3 rings (SSSR count). The second-order valence-electron chi connectivity index (χ2n) is 4.48. The maximum atomic E-state index is 11.6. The minimum Gasteiger partial charge on any atom is -0.460 e. The number of aromatic nitrogens is 4. The molecule has 3 unspecified atom stereocenters. The van der Waals surface area contributed by atoms with Gasteiger partial charge in [-0.1, -0.05) is 0 Å². The smallest absolute Gasteiger partial charge is 0.319 e. The van der Waals surface area contributed by atoms with Crippen molar-refractivity contribution in [1.82, 2.24) is 19.5 Å². The first kappa shape index (κ1) is 13.2. The zero-order valence-electron chi connectivity index (χ0n) is 10.5. The van der Waals surface area contributed by atoms with Gasteiger partial charge in [0.25, 0.3) is 5.56 Å². The molecule has 0 spiro atoms. The predicted octanol–water partition coefficient (Wildman–Crippen LogP) is 0.809. The first-order valence-corrected chi connectivity index (χ1v) is 6.71. The van der Waals surface area contributed by atoms with Gasteiger partial charge >= 0.3 is 5.71 Å². The van der Waals surface area contributed by atoms with Gasteiger partial charge in [0.2, 0.25) is 0 Å². The van der Waals surface area contributed by atoms with E-state index in [2.05, 4.69) is 15.0 Å². The molecule has 0 bridgehead atoms. The highest BCUT2D eigenvalue weighted by Crippen LogP contribution is 2.29. The Morgan fingerprint density at radius 2 is 2.40 bits per heavy atom. The number of hydrogen-bond acceptors (Lipinski definition) is 6. The van der Waals surface area contributed by atoms with Crippen molar-refractivity contribution in [2.45, 2.75) is 25.2 Å². The lowest BCUT2D eigenvalue weighted by Crippen LogP contribution is -2.17. The second-order valence-corrected chi connectivity index (χ2v) is 4.95. The van der Waals surface area contributed by atoms with Crippen LogP contribution in [0.3, 0.4) is 0 Å². The number of nitrogens with one attached hydrogen (secondary N) is 1. The molecule has 1 aliphatic heterocycles. The Morgan fingerprint density at radius 3 is 3.20 bits per heavy atom. The highest BCUT2D eigenvalue weighted by atomic mass is 31.0. The van der Waals surface area contributed by atoms with Crippen molar-refractivity contribution in [3.63, 3.8) is 0 Å². The van der Waals surface area contributed by atoms with Gasteiger partial charge in [-0.25, -0.2) is 14.8 Å². The van der Waals surface area contributed by atoms with Crippen molar-refractivity contribution in [3.05, 3.63) is 23.0 Å². The third-order valence-electron chi connectivity index (χ3n) is 3.17. The van der Waals surface area contributed by atoms with Gasteiger partial charge in [0, 0.05) is 0 Å². The summed E-state index contributed by atoms with van der Waals surface area (Å²) in [5.74, 6) is 0. The van der Waals surface area contributed by atoms with Crippen LogP contribution in [0.5, 0.6) is 0 Å². The van der Waals surface area contributed by atoms with Gasteiger partial charge in [0.05, 0.1) is 18.8 Å². The molecule has 20 heavy (non-hydrogen) atoms. The van der Waals surface area contributed by atoms with Crippen LogP contribution in [0.25, 0.3) is 11.2 Å². The van der Waals surface area contributed by atoms with Crippen LogP contribution < -0.4 is 5.56 Å². The zero-order chi connectivity index (χ0) is 14.1.